The van der Waals surface area contributed by atoms with Crippen LogP contribution in [0.4, 0.5) is 0 Å². The first-order valence-corrected chi connectivity index (χ1v) is 3.50. The standard InChI is InChI=1S/C9H12O2/c1-6-4-5-8(11-3)9(10)7(6)2/h4-5,10H,1-3H3. The maximum Gasteiger partial charge on any atom is 0.160 e. The van der Waals surface area contributed by atoms with Crippen molar-refractivity contribution in [2.24, 2.45) is 0 Å². The Balaban J connectivity index is 3.25. The highest BCUT2D eigenvalue weighted by Crippen LogP contribution is 2.30. The van der Waals surface area contributed by atoms with Gasteiger partial charge in [-0.25, -0.2) is 0 Å². The number of aryl methyl sites for hydroxylation is 1. The molecule has 0 heterocycles. The van der Waals surface area contributed by atoms with Crippen LogP contribution >= 0.6 is 0 Å². The third-order valence-electron chi connectivity index (χ3n) is 1.88. The fraction of sp³-hybridized carbons (Fsp3) is 0.333. The number of benzene rings is 1. The van der Waals surface area contributed by atoms with Gasteiger partial charge in [0.15, 0.2) is 11.5 Å². The van der Waals surface area contributed by atoms with Gasteiger partial charge in [0.2, 0.25) is 0 Å². The van der Waals surface area contributed by atoms with E-state index < -0.39 is 0 Å². The van der Waals surface area contributed by atoms with Gasteiger partial charge in [0.25, 0.3) is 0 Å². The molecule has 1 aromatic rings. The van der Waals surface area contributed by atoms with E-state index in [0.29, 0.717) is 5.75 Å². The molecule has 0 bridgehead atoms. The number of methoxy groups -OCH3 is 1. The van der Waals surface area contributed by atoms with Gasteiger partial charge in [0.1, 0.15) is 0 Å². The molecular weight excluding hydrogens is 140 g/mol. The van der Waals surface area contributed by atoms with E-state index in [9.17, 15) is 5.11 Å². The molecular formula is C9H12O2. The van der Waals surface area contributed by atoms with Gasteiger partial charge in [-0.2, -0.15) is 0 Å². The molecule has 0 unspecified atom stereocenters. The largest absolute Gasteiger partial charge is 0.504 e. The van der Waals surface area contributed by atoms with Crippen LogP contribution in [0, 0.1) is 13.8 Å². The minimum absolute atomic E-state index is 0.243. The summed E-state index contributed by atoms with van der Waals surface area (Å²) in [6.45, 7) is 3.82. The van der Waals surface area contributed by atoms with Crippen LogP contribution in [-0.2, 0) is 0 Å². The highest BCUT2D eigenvalue weighted by atomic mass is 16.5. The summed E-state index contributed by atoms with van der Waals surface area (Å²) in [5.41, 5.74) is 1.95. The van der Waals surface area contributed by atoms with Crippen LogP contribution in [0.3, 0.4) is 0 Å². The first-order chi connectivity index (χ1) is 5.16. The maximum absolute atomic E-state index is 9.45. The minimum atomic E-state index is 0.243. The molecule has 0 atom stereocenters. The second-order valence-corrected chi connectivity index (χ2v) is 2.56. The topological polar surface area (TPSA) is 29.5 Å². The Morgan fingerprint density at radius 2 is 1.91 bits per heavy atom. The Labute approximate surface area is 66.4 Å². The lowest BCUT2D eigenvalue weighted by molar-refractivity contribution is 0.371. The van der Waals surface area contributed by atoms with Gasteiger partial charge in [-0.3, -0.25) is 0 Å². The molecule has 0 spiro atoms. The van der Waals surface area contributed by atoms with Crippen molar-refractivity contribution in [2.45, 2.75) is 13.8 Å². The molecule has 0 amide bonds. The van der Waals surface area contributed by atoms with Gasteiger partial charge in [-0.1, -0.05) is 6.07 Å². The van der Waals surface area contributed by atoms with Crippen LogP contribution in [0.15, 0.2) is 12.1 Å². The molecule has 2 heteroatoms. The molecule has 0 aliphatic rings. The molecule has 0 saturated carbocycles. The average Bonchev–Trinajstić information content (AvgIpc) is 2.01. The molecule has 0 aromatic heterocycles. The van der Waals surface area contributed by atoms with Gasteiger partial charge in [-0.05, 0) is 31.0 Å². The van der Waals surface area contributed by atoms with Crippen LogP contribution in [-0.4, -0.2) is 12.2 Å². The second-order valence-electron chi connectivity index (χ2n) is 2.56. The number of phenols is 1. The van der Waals surface area contributed by atoms with Crippen molar-refractivity contribution in [1.82, 2.24) is 0 Å². The first-order valence-electron chi connectivity index (χ1n) is 3.50. The lowest BCUT2D eigenvalue weighted by atomic mass is 10.1. The molecule has 0 fully saturated rings. The molecule has 1 N–H and O–H groups in total. The molecule has 0 saturated heterocycles. The van der Waals surface area contributed by atoms with E-state index >= 15 is 0 Å². The summed E-state index contributed by atoms with van der Waals surface area (Å²) in [6.07, 6.45) is 0. The third kappa shape index (κ3) is 1.29. The van der Waals surface area contributed by atoms with E-state index in [2.05, 4.69) is 0 Å². The monoisotopic (exact) mass is 152 g/mol. The Bertz CT molecular complexity index is 267. The number of rotatable bonds is 1. The summed E-state index contributed by atoms with van der Waals surface area (Å²) >= 11 is 0. The number of hydrogen-bond acceptors (Lipinski definition) is 2. The van der Waals surface area contributed by atoms with Crippen molar-refractivity contribution in [3.05, 3.63) is 23.3 Å². The van der Waals surface area contributed by atoms with Crippen LogP contribution in [0.2, 0.25) is 0 Å². The van der Waals surface area contributed by atoms with E-state index in [4.69, 9.17) is 4.74 Å². The van der Waals surface area contributed by atoms with E-state index in [1.165, 1.54) is 0 Å². The predicted molar refractivity (Wildman–Crippen MR) is 44.1 cm³/mol. The van der Waals surface area contributed by atoms with E-state index in [1.54, 1.807) is 13.2 Å². The smallest absolute Gasteiger partial charge is 0.160 e. The highest BCUT2D eigenvalue weighted by molar-refractivity contribution is 5.48. The molecule has 2 nitrogen and oxygen atoms in total. The van der Waals surface area contributed by atoms with E-state index in [-0.39, 0.29) is 5.75 Å². The summed E-state index contributed by atoms with van der Waals surface area (Å²) in [4.78, 5) is 0. The predicted octanol–water partition coefficient (Wildman–Crippen LogP) is 2.02. The second kappa shape index (κ2) is 2.82. The summed E-state index contributed by atoms with van der Waals surface area (Å²) in [7, 11) is 1.55. The van der Waals surface area contributed by atoms with Crippen LogP contribution in [0.25, 0.3) is 0 Å². The van der Waals surface area contributed by atoms with Crippen LogP contribution in [0.5, 0.6) is 11.5 Å². The lowest BCUT2D eigenvalue weighted by Gasteiger charge is -2.07. The third-order valence-corrected chi connectivity index (χ3v) is 1.88. The van der Waals surface area contributed by atoms with Gasteiger partial charge < -0.3 is 9.84 Å². The number of aromatic hydroxyl groups is 1. The summed E-state index contributed by atoms with van der Waals surface area (Å²) in [5.74, 6) is 0.778. The van der Waals surface area contributed by atoms with Gasteiger partial charge in [0, 0.05) is 0 Å². The van der Waals surface area contributed by atoms with Crippen molar-refractivity contribution in [1.29, 1.82) is 0 Å². The zero-order chi connectivity index (χ0) is 8.43. The fourth-order valence-corrected chi connectivity index (χ4v) is 0.941. The molecule has 1 rings (SSSR count). The van der Waals surface area contributed by atoms with Crippen molar-refractivity contribution >= 4 is 0 Å². The number of phenolic OH excluding ortho intramolecular Hbond substituents is 1. The van der Waals surface area contributed by atoms with Crippen molar-refractivity contribution in [3.63, 3.8) is 0 Å². The Morgan fingerprint density at radius 3 is 2.45 bits per heavy atom. The zero-order valence-corrected chi connectivity index (χ0v) is 7.01. The quantitative estimate of drug-likeness (QED) is 0.667. The maximum atomic E-state index is 9.45. The molecule has 0 aliphatic heterocycles. The van der Waals surface area contributed by atoms with E-state index in [0.717, 1.165) is 11.1 Å². The van der Waals surface area contributed by atoms with Crippen LogP contribution in [0.1, 0.15) is 11.1 Å². The summed E-state index contributed by atoms with van der Waals surface area (Å²) < 4.78 is 4.93. The minimum Gasteiger partial charge on any atom is -0.504 e. The number of hydrogen-bond donors (Lipinski definition) is 1. The van der Waals surface area contributed by atoms with Gasteiger partial charge in [-0.15, -0.1) is 0 Å². The number of ether oxygens (including phenoxy) is 1. The first kappa shape index (κ1) is 7.92. The van der Waals surface area contributed by atoms with Crippen molar-refractivity contribution < 1.29 is 9.84 Å². The Morgan fingerprint density at radius 1 is 1.27 bits per heavy atom. The van der Waals surface area contributed by atoms with Crippen molar-refractivity contribution in [2.75, 3.05) is 7.11 Å². The average molecular weight is 152 g/mol. The lowest BCUT2D eigenvalue weighted by Crippen LogP contribution is -1.87. The Kier molecular flexibility index (Phi) is 2.03. The Hall–Kier alpha value is -1.18. The summed E-state index contributed by atoms with van der Waals surface area (Å²) in [5, 5.41) is 9.45. The molecule has 0 aliphatic carbocycles. The van der Waals surface area contributed by atoms with Gasteiger partial charge >= 0.3 is 0 Å². The molecule has 11 heavy (non-hydrogen) atoms. The van der Waals surface area contributed by atoms with Crippen molar-refractivity contribution in [3.8, 4) is 11.5 Å². The molecule has 1 aromatic carbocycles. The zero-order valence-electron chi connectivity index (χ0n) is 7.01. The SMILES string of the molecule is COc1ccc(C)c(C)c1O. The molecule has 0 radical (unpaired) electrons. The highest BCUT2D eigenvalue weighted by Gasteiger charge is 2.04. The van der Waals surface area contributed by atoms with Crippen LogP contribution < -0.4 is 4.74 Å². The molecule has 60 valence electrons. The van der Waals surface area contributed by atoms with E-state index in [1.807, 2.05) is 19.9 Å². The fourth-order valence-electron chi connectivity index (χ4n) is 0.941. The van der Waals surface area contributed by atoms with Gasteiger partial charge in [0.05, 0.1) is 7.11 Å². The summed E-state index contributed by atoms with van der Waals surface area (Å²) in [6, 6.07) is 3.69. The normalized spacial score (nSPS) is 9.73.